The first-order chi connectivity index (χ1) is 9.42. The molecule has 0 fully saturated rings. The molecule has 0 heterocycles. The second-order valence-corrected chi connectivity index (χ2v) is 5.08. The van der Waals surface area contributed by atoms with E-state index in [4.69, 9.17) is 4.74 Å². The Hall–Kier alpha value is -1.62. The number of ether oxygens (including phenoxy) is 1. The topological polar surface area (TPSA) is 41.6 Å². The van der Waals surface area contributed by atoms with E-state index in [1.807, 2.05) is 24.9 Å². The van der Waals surface area contributed by atoms with Crippen molar-refractivity contribution in [2.45, 2.75) is 25.3 Å². The first-order valence-corrected chi connectivity index (χ1v) is 6.67. The molecule has 0 aliphatic carbocycles. The fourth-order valence-corrected chi connectivity index (χ4v) is 2.07. The van der Waals surface area contributed by atoms with E-state index in [9.17, 15) is 9.18 Å². The van der Waals surface area contributed by atoms with E-state index in [0.29, 0.717) is 6.42 Å². The van der Waals surface area contributed by atoms with Crippen molar-refractivity contribution >= 4 is 11.7 Å². The van der Waals surface area contributed by atoms with Gasteiger partial charge in [0, 0.05) is 19.3 Å². The molecule has 1 N–H and O–H groups in total. The predicted octanol–water partition coefficient (Wildman–Crippen LogP) is 2.19. The van der Waals surface area contributed by atoms with Gasteiger partial charge in [-0.05, 0) is 45.0 Å². The molecule has 1 aromatic rings. The van der Waals surface area contributed by atoms with Crippen molar-refractivity contribution in [1.29, 1.82) is 0 Å². The third kappa shape index (κ3) is 4.20. The summed E-state index contributed by atoms with van der Waals surface area (Å²) < 4.78 is 17.9. The van der Waals surface area contributed by atoms with Crippen molar-refractivity contribution in [2.24, 2.45) is 0 Å². The summed E-state index contributed by atoms with van der Waals surface area (Å²) in [6.07, 6.45) is 1.44. The molecule has 0 spiro atoms. The Morgan fingerprint density at radius 2 is 2.20 bits per heavy atom. The molecule has 1 aromatic carbocycles. The first kappa shape index (κ1) is 16.4. The standard InChI is InChI=1S/C15H23FN2O2/c1-15(17-2,14(19)20-4)9-6-10-18(3)13-8-5-7-12(16)11-13/h5,7-8,11,17H,6,9-10H2,1-4H3. The predicted molar refractivity (Wildman–Crippen MR) is 78.4 cm³/mol. The molecule has 1 rings (SSSR count). The lowest BCUT2D eigenvalue weighted by atomic mass is 9.96. The Morgan fingerprint density at radius 1 is 1.50 bits per heavy atom. The molecule has 0 amide bonds. The number of methoxy groups -OCH3 is 1. The minimum atomic E-state index is -0.683. The van der Waals surface area contributed by atoms with Crippen molar-refractivity contribution in [2.75, 3.05) is 32.6 Å². The summed E-state index contributed by atoms with van der Waals surface area (Å²) >= 11 is 0. The zero-order valence-electron chi connectivity index (χ0n) is 12.6. The highest BCUT2D eigenvalue weighted by molar-refractivity contribution is 5.80. The summed E-state index contributed by atoms with van der Waals surface area (Å²) in [5.74, 6) is -0.516. The number of nitrogens with one attached hydrogen (secondary N) is 1. The van der Waals surface area contributed by atoms with Gasteiger partial charge in [-0.1, -0.05) is 6.07 Å². The Morgan fingerprint density at radius 3 is 2.75 bits per heavy atom. The van der Waals surface area contributed by atoms with E-state index < -0.39 is 5.54 Å². The van der Waals surface area contributed by atoms with Gasteiger partial charge < -0.3 is 15.0 Å². The molecule has 0 saturated carbocycles. The highest BCUT2D eigenvalue weighted by Crippen LogP contribution is 2.17. The largest absolute Gasteiger partial charge is 0.468 e. The number of likely N-dealkylation sites (N-methyl/N-ethyl adjacent to an activating group) is 1. The van der Waals surface area contributed by atoms with E-state index in [0.717, 1.165) is 18.7 Å². The Balaban J connectivity index is 2.53. The van der Waals surface area contributed by atoms with E-state index in [-0.39, 0.29) is 11.8 Å². The van der Waals surface area contributed by atoms with Crippen LogP contribution in [0.5, 0.6) is 0 Å². The summed E-state index contributed by atoms with van der Waals surface area (Å²) in [6.45, 7) is 2.55. The summed E-state index contributed by atoms with van der Waals surface area (Å²) in [7, 11) is 5.04. The van der Waals surface area contributed by atoms with Gasteiger partial charge in [0.15, 0.2) is 0 Å². The van der Waals surface area contributed by atoms with Crippen LogP contribution in [0.25, 0.3) is 0 Å². The summed E-state index contributed by atoms with van der Waals surface area (Å²) in [4.78, 5) is 13.7. The number of halogens is 1. The Kier molecular flexibility index (Phi) is 5.95. The van der Waals surface area contributed by atoms with Crippen molar-refractivity contribution in [3.05, 3.63) is 30.1 Å². The van der Waals surface area contributed by atoms with Gasteiger partial charge in [0.1, 0.15) is 11.4 Å². The molecule has 0 aromatic heterocycles. The third-order valence-corrected chi connectivity index (χ3v) is 3.61. The number of hydrogen-bond donors (Lipinski definition) is 1. The Labute approximate surface area is 119 Å². The number of rotatable bonds is 7. The van der Waals surface area contributed by atoms with Crippen LogP contribution in [0.2, 0.25) is 0 Å². The highest BCUT2D eigenvalue weighted by atomic mass is 19.1. The maximum atomic E-state index is 13.1. The number of hydrogen-bond acceptors (Lipinski definition) is 4. The molecule has 0 aliphatic rings. The lowest BCUT2D eigenvalue weighted by Gasteiger charge is -2.27. The summed E-state index contributed by atoms with van der Waals surface area (Å²) in [5, 5.41) is 3.00. The molecule has 4 nitrogen and oxygen atoms in total. The fraction of sp³-hybridized carbons (Fsp3) is 0.533. The fourth-order valence-electron chi connectivity index (χ4n) is 2.07. The van der Waals surface area contributed by atoms with Crippen LogP contribution in [-0.2, 0) is 9.53 Å². The van der Waals surface area contributed by atoms with Crippen molar-refractivity contribution in [1.82, 2.24) is 5.32 Å². The lowest BCUT2D eigenvalue weighted by Crippen LogP contribution is -2.48. The molecule has 0 radical (unpaired) electrons. The van der Waals surface area contributed by atoms with Crippen LogP contribution in [0.3, 0.4) is 0 Å². The van der Waals surface area contributed by atoms with Crippen LogP contribution in [0.15, 0.2) is 24.3 Å². The van der Waals surface area contributed by atoms with E-state index in [2.05, 4.69) is 5.32 Å². The molecular formula is C15H23FN2O2. The SMILES string of the molecule is CNC(C)(CCCN(C)c1cccc(F)c1)C(=O)OC. The van der Waals surface area contributed by atoms with Crippen molar-refractivity contribution in [3.8, 4) is 0 Å². The van der Waals surface area contributed by atoms with Gasteiger partial charge in [0.25, 0.3) is 0 Å². The van der Waals surface area contributed by atoms with Gasteiger partial charge in [0.2, 0.25) is 0 Å². The molecule has 0 aliphatic heterocycles. The first-order valence-electron chi connectivity index (χ1n) is 6.67. The number of esters is 1. The van der Waals surface area contributed by atoms with E-state index in [1.165, 1.54) is 19.2 Å². The summed E-state index contributed by atoms with van der Waals surface area (Å²) in [5.41, 5.74) is 0.145. The molecule has 20 heavy (non-hydrogen) atoms. The smallest absolute Gasteiger partial charge is 0.325 e. The average molecular weight is 282 g/mol. The summed E-state index contributed by atoms with van der Waals surface area (Å²) in [6, 6.07) is 6.47. The van der Waals surface area contributed by atoms with Crippen LogP contribution >= 0.6 is 0 Å². The molecule has 1 unspecified atom stereocenters. The molecule has 112 valence electrons. The number of nitrogens with zero attached hydrogens (tertiary/aromatic N) is 1. The quantitative estimate of drug-likeness (QED) is 0.778. The van der Waals surface area contributed by atoms with Crippen LogP contribution < -0.4 is 10.2 Å². The van der Waals surface area contributed by atoms with Gasteiger partial charge in [-0.25, -0.2) is 4.39 Å². The van der Waals surface area contributed by atoms with E-state index in [1.54, 1.807) is 13.1 Å². The number of carbonyl (C=O) groups excluding carboxylic acids is 1. The van der Waals surface area contributed by atoms with Crippen LogP contribution in [0.1, 0.15) is 19.8 Å². The van der Waals surface area contributed by atoms with Crippen molar-refractivity contribution in [3.63, 3.8) is 0 Å². The van der Waals surface area contributed by atoms with Gasteiger partial charge in [-0.15, -0.1) is 0 Å². The second kappa shape index (κ2) is 7.24. The number of carbonyl (C=O) groups is 1. The molecule has 0 bridgehead atoms. The zero-order chi connectivity index (χ0) is 15.2. The zero-order valence-corrected chi connectivity index (χ0v) is 12.6. The molecule has 5 heteroatoms. The maximum Gasteiger partial charge on any atom is 0.325 e. The monoisotopic (exact) mass is 282 g/mol. The number of benzene rings is 1. The average Bonchev–Trinajstić information content (AvgIpc) is 2.45. The highest BCUT2D eigenvalue weighted by Gasteiger charge is 2.31. The normalized spacial score (nSPS) is 13.7. The molecule has 1 atom stereocenters. The van der Waals surface area contributed by atoms with Crippen LogP contribution in [0.4, 0.5) is 10.1 Å². The maximum absolute atomic E-state index is 13.1. The van der Waals surface area contributed by atoms with E-state index >= 15 is 0 Å². The van der Waals surface area contributed by atoms with Gasteiger partial charge in [0.05, 0.1) is 7.11 Å². The van der Waals surface area contributed by atoms with Gasteiger partial charge in [-0.3, -0.25) is 4.79 Å². The van der Waals surface area contributed by atoms with Gasteiger partial charge >= 0.3 is 5.97 Å². The van der Waals surface area contributed by atoms with Crippen molar-refractivity contribution < 1.29 is 13.9 Å². The minimum Gasteiger partial charge on any atom is -0.468 e. The lowest BCUT2D eigenvalue weighted by molar-refractivity contribution is -0.148. The minimum absolute atomic E-state index is 0.246. The number of anilines is 1. The molecular weight excluding hydrogens is 259 g/mol. The van der Waals surface area contributed by atoms with Crippen LogP contribution in [-0.4, -0.2) is 39.3 Å². The third-order valence-electron chi connectivity index (χ3n) is 3.61. The molecule has 0 saturated heterocycles. The van der Waals surface area contributed by atoms with Gasteiger partial charge in [-0.2, -0.15) is 0 Å². The van der Waals surface area contributed by atoms with Crippen LogP contribution in [0, 0.1) is 5.82 Å². The Bertz CT molecular complexity index is 453. The second-order valence-electron chi connectivity index (χ2n) is 5.08.